The Morgan fingerprint density at radius 1 is 1.26 bits per heavy atom. The number of amides is 2. The van der Waals surface area contributed by atoms with Gasteiger partial charge in [0.25, 0.3) is 5.91 Å². The minimum Gasteiger partial charge on any atom is -0.548 e. The van der Waals surface area contributed by atoms with Gasteiger partial charge < -0.3 is 25.1 Å². The molecule has 4 heterocycles. The number of tetrazole rings is 1. The molecule has 1 saturated heterocycles. The van der Waals surface area contributed by atoms with Crippen LogP contribution < -0.4 is 74.6 Å². The number of hydrogen-bond acceptors (Lipinski definition) is 12. The van der Waals surface area contributed by atoms with E-state index in [0.29, 0.717) is 5.57 Å². The number of carbonyl (C=O) groups is 4. The van der Waals surface area contributed by atoms with Crippen molar-refractivity contribution in [2.75, 3.05) is 5.75 Å². The molecule has 2 amide bonds. The van der Waals surface area contributed by atoms with E-state index >= 15 is 0 Å². The van der Waals surface area contributed by atoms with E-state index in [1.165, 1.54) is 23.1 Å². The van der Waals surface area contributed by atoms with Crippen LogP contribution in [0.3, 0.4) is 0 Å². The van der Waals surface area contributed by atoms with E-state index in [1.54, 1.807) is 6.92 Å². The second-order valence-corrected chi connectivity index (χ2v) is 10.6. The van der Waals surface area contributed by atoms with Crippen LogP contribution in [0.15, 0.2) is 33.9 Å². The molecule has 1 fully saturated rings. The van der Waals surface area contributed by atoms with Crippen LogP contribution >= 0.6 is 34.9 Å². The summed E-state index contributed by atoms with van der Waals surface area (Å²) in [4.78, 5) is 49.9. The molecule has 0 saturated carbocycles. The fourth-order valence-electron chi connectivity index (χ4n) is 3.49. The van der Waals surface area contributed by atoms with Crippen molar-refractivity contribution in [3.8, 4) is 0 Å². The number of rotatable bonds is 9. The summed E-state index contributed by atoms with van der Waals surface area (Å²) in [6.45, 7) is 1.24. The fourth-order valence-corrected chi connectivity index (χ4v) is 6.76. The maximum absolute atomic E-state index is 12.8. The Hall–Kier alpha value is -0.910. The van der Waals surface area contributed by atoms with E-state index < -0.39 is 35.8 Å². The van der Waals surface area contributed by atoms with Crippen molar-refractivity contribution in [3.05, 3.63) is 33.7 Å². The number of hydrogen-bond donors (Lipinski definition) is 1. The van der Waals surface area contributed by atoms with Gasteiger partial charge in [-0.05, 0) is 34.4 Å². The number of fused-ring (bicyclic) bond motifs is 1. The summed E-state index contributed by atoms with van der Waals surface area (Å²) in [6, 6.07) is 2.82. The molecule has 2 aliphatic rings. The molecule has 3 atom stereocenters. The van der Waals surface area contributed by atoms with Gasteiger partial charge in [-0.1, -0.05) is 17.8 Å². The number of carboxylic acids is 2. The first kappa shape index (κ1) is 30.3. The zero-order valence-electron chi connectivity index (χ0n) is 19.0. The third-order valence-corrected chi connectivity index (χ3v) is 8.32. The molecule has 2 aliphatic heterocycles. The fraction of sp³-hybridized carbons (Fsp3) is 0.389. The molecule has 35 heavy (non-hydrogen) atoms. The molecule has 2 aromatic heterocycles. The standard InChI is InChI=1S/C18H18N6O6S3.2Na/c1-8-10(7-32-18-20-21-22-23(18)6-12(26)27)14(17(29)30)24-15(28)13(16(24)33-8)19-11(25)5-9-3-2-4-31-9;;/h2-4,8,13,16H,5-7H2,1H3,(H,19,25)(H,26,27)(H,29,30);;/q;2*+1/p-2/t8-,13?,16-;;/m0../s1. The van der Waals surface area contributed by atoms with E-state index in [0.717, 1.165) is 26.2 Å². The SMILES string of the molecule is C[C@@H]1S[C@H]2C(NC(=O)Cc3cccs3)C(=O)N2C(C(=O)[O-])=C1CSc1nnnn1CC(=O)[O-].[Na+].[Na+]. The first-order valence-electron chi connectivity index (χ1n) is 9.59. The number of aliphatic carboxylic acids is 2. The van der Waals surface area contributed by atoms with Gasteiger partial charge >= 0.3 is 59.1 Å². The molecular formula is C18H16N6Na2O6S3. The van der Waals surface area contributed by atoms with E-state index in [9.17, 15) is 29.4 Å². The van der Waals surface area contributed by atoms with Gasteiger partial charge in [0, 0.05) is 15.9 Å². The molecule has 4 rings (SSSR count). The molecule has 12 nitrogen and oxygen atoms in total. The quantitative estimate of drug-likeness (QED) is 0.177. The van der Waals surface area contributed by atoms with Crippen molar-refractivity contribution in [1.29, 1.82) is 0 Å². The van der Waals surface area contributed by atoms with Crippen LogP contribution in [0.4, 0.5) is 0 Å². The van der Waals surface area contributed by atoms with Crippen molar-refractivity contribution in [2.24, 2.45) is 0 Å². The molecule has 0 aliphatic carbocycles. The normalized spacial score (nSPS) is 20.8. The van der Waals surface area contributed by atoms with Crippen LogP contribution in [0, 0.1) is 0 Å². The number of carbonyl (C=O) groups excluding carboxylic acids is 4. The summed E-state index contributed by atoms with van der Waals surface area (Å²) in [5, 5.41) is 37.4. The first-order valence-corrected chi connectivity index (χ1v) is 12.4. The monoisotopic (exact) mass is 554 g/mol. The van der Waals surface area contributed by atoms with Gasteiger partial charge in [0.1, 0.15) is 11.4 Å². The number of aromatic nitrogens is 4. The van der Waals surface area contributed by atoms with Gasteiger partial charge in [-0.2, -0.15) is 0 Å². The topological polar surface area (TPSA) is 173 Å². The zero-order valence-corrected chi connectivity index (χ0v) is 25.4. The minimum absolute atomic E-state index is 0. The van der Waals surface area contributed by atoms with Crippen molar-refractivity contribution in [2.45, 2.75) is 41.7 Å². The predicted molar refractivity (Wildman–Crippen MR) is 113 cm³/mol. The van der Waals surface area contributed by atoms with Crippen LogP contribution in [0.1, 0.15) is 11.8 Å². The van der Waals surface area contributed by atoms with Gasteiger partial charge in [-0.25, -0.2) is 4.68 Å². The summed E-state index contributed by atoms with van der Waals surface area (Å²) in [7, 11) is 0. The van der Waals surface area contributed by atoms with Crippen molar-refractivity contribution >= 4 is 58.6 Å². The maximum atomic E-state index is 12.8. The van der Waals surface area contributed by atoms with Crippen molar-refractivity contribution in [3.63, 3.8) is 0 Å². The number of β-lactam (4-membered cyclic amide) rings is 1. The largest absolute Gasteiger partial charge is 1.00 e. The van der Waals surface area contributed by atoms with Gasteiger partial charge in [0.15, 0.2) is 0 Å². The Bertz CT molecular complexity index is 1140. The van der Waals surface area contributed by atoms with Gasteiger partial charge in [0.2, 0.25) is 11.1 Å². The number of nitrogens with one attached hydrogen (secondary N) is 1. The Labute approximate surface area is 256 Å². The predicted octanol–water partition coefficient (Wildman–Crippen LogP) is -8.38. The Morgan fingerprint density at radius 2 is 2.00 bits per heavy atom. The van der Waals surface area contributed by atoms with Crippen LogP contribution in [-0.4, -0.2) is 71.3 Å². The van der Waals surface area contributed by atoms with Crippen LogP contribution in [0.5, 0.6) is 0 Å². The number of thiophene rings is 1. The zero-order chi connectivity index (χ0) is 23.7. The van der Waals surface area contributed by atoms with Gasteiger partial charge in [-0.15, -0.1) is 28.2 Å². The molecular weight excluding hydrogens is 538 g/mol. The molecule has 0 spiro atoms. The third-order valence-electron chi connectivity index (χ3n) is 4.98. The summed E-state index contributed by atoms with van der Waals surface area (Å²) in [5.74, 6) is -3.63. The first-order chi connectivity index (χ1) is 15.8. The van der Waals surface area contributed by atoms with Crippen LogP contribution in [-0.2, 0) is 32.1 Å². The Balaban J connectivity index is 0.00000216. The summed E-state index contributed by atoms with van der Waals surface area (Å²) in [6.07, 6.45) is 0.139. The number of nitrogens with zero attached hydrogens (tertiary/aromatic N) is 5. The average molecular weight is 555 g/mol. The van der Waals surface area contributed by atoms with Crippen molar-refractivity contribution in [1.82, 2.24) is 30.4 Å². The summed E-state index contributed by atoms with van der Waals surface area (Å²) >= 11 is 3.82. The Kier molecular flexibility index (Phi) is 11.3. The van der Waals surface area contributed by atoms with E-state index in [1.807, 2.05) is 17.5 Å². The third kappa shape index (κ3) is 6.70. The molecule has 2 aromatic rings. The molecule has 0 aromatic carbocycles. The summed E-state index contributed by atoms with van der Waals surface area (Å²) in [5.41, 5.74) is 0.174. The van der Waals surface area contributed by atoms with Crippen molar-refractivity contribution < 1.29 is 88.5 Å². The van der Waals surface area contributed by atoms with Crippen LogP contribution in [0.2, 0.25) is 0 Å². The molecule has 0 radical (unpaired) electrons. The molecule has 174 valence electrons. The van der Waals surface area contributed by atoms with E-state index in [-0.39, 0.29) is 93.3 Å². The van der Waals surface area contributed by atoms with Gasteiger partial charge in [0.05, 0.1) is 30.6 Å². The minimum atomic E-state index is -1.51. The second kappa shape index (κ2) is 13.1. The smallest absolute Gasteiger partial charge is 0.548 e. The summed E-state index contributed by atoms with van der Waals surface area (Å²) < 4.78 is 1.02. The molecule has 0 bridgehead atoms. The number of carboxylic acid groups (broad SMARTS) is 2. The van der Waals surface area contributed by atoms with E-state index in [2.05, 4.69) is 20.8 Å². The maximum Gasteiger partial charge on any atom is 1.00 e. The molecule has 17 heteroatoms. The average Bonchev–Trinajstić information content (AvgIpc) is 3.42. The van der Waals surface area contributed by atoms with Crippen LogP contribution in [0.25, 0.3) is 0 Å². The van der Waals surface area contributed by atoms with E-state index in [4.69, 9.17) is 0 Å². The van der Waals surface area contributed by atoms with Gasteiger partial charge in [-0.3, -0.25) is 14.5 Å². The second-order valence-electron chi connectivity index (χ2n) is 7.12. The Morgan fingerprint density at radius 3 is 2.63 bits per heavy atom. The number of thioether (sulfide) groups is 2. The molecule has 1 N–H and O–H groups in total. The molecule has 1 unspecified atom stereocenters.